The number of carboxylic acid groups (broad SMARTS) is 1. The molecule has 102 valence electrons. The Balaban J connectivity index is 2.34. The van der Waals surface area contributed by atoms with Gasteiger partial charge in [-0.2, -0.15) is 0 Å². The Bertz CT molecular complexity index is 523. The van der Waals surface area contributed by atoms with Gasteiger partial charge in [-0.25, -0.2) is 9.18 Å². The van der Waals surface area contributed by atoms with Crippen LogP contribution < -0.4 is 10.2 Å². The highest BCUT2D eigenvalue weighted by molar-refractivity contribution is 5.79. The van der Waals surface area contributed by atoms with Crippen molar-refractivity contribution in [3.8, 4) is 0 Å². The third-order valence-electron chi connectivity index (χ3n) is 2.98. The average Bonchev–Trinajstić information content (AvgIpc) is 2.38. The van der Waals surface area contributed by atoms with Crippen molar-refractivity contribution in [3.63, 3.8) is 0 Å². The van der Waals surface area contributed by atoms with Crippen molar-refractivity contribution in [2.24, 2.45) is 0 Å². The van der Waals surface area contributed by atoms with Crippen molar-refractivity contribution < 1.29 is 19.2 Å². The van der Waals surface area contributed by atoms with E-state index in [1.165, 1.54) is 17.0 Å². The monoisotopic (exact) mass is 269 g/mol. The standard InChI is InChI=1S/C11H12FN3O4/c12-8-5-7(15(18)19)1-2-9(8)14-4-3-13-6-10(14)11(16)17/h1-2,5,10,13H,3-4,6H2,(H,16,17). The fraction of sp³-hybridized carbons (Fsp3) is 0.364. The molecule has 0 aromatic heterocycles. The van der Waals surface area contributed by atoms with Crippen molar-refractivity contribution in [1.29, 1.82) is 0 Å². The Kier molecular flexibility index (Phi) is 3.61. The summed E-state index contributed by atoms with van der Waals surface area (Å²) < 4.78 is 13.9. The first-order valence-corrected chi connectivity index (χ1v) is 5.65. The summed E-state index contributed by atoms with van der Waals surface area (Å²) in [6.07, 6.45) is 0. The number of halogens is 1. The largest absolute Gasteiger partial charge is 0.480 e. The van der Waals surface area contributed by atoms with Crippen LogP contribution >= 0.6 is 0 Å². The van der Waals surface area contributed by atoms with E-state index in [9.17, 15) is 19.3 Å². The molecule has 2 rings (SSSR count). The summed E-state index contributed by atoms with van der Waals surface area (Å²) in [4.78, 5) is 22.4. The van der Waals surface area contributed by atoms with Gasteiger partial charge >= 0.3 is 5.97 Å². The number of carboxylic acids is 1. The van der Waals surface area contributed by atoms with Crippen LogP contribution in [0.5, 0.6) is 0 Å². The first-order valence-electron chi connectivity index (χ1n) is 5.65. The minimum atomic E-state index is -1.06. The predicted molar refractivity (Wildman–Crippen MR) is 64.7 cm³/mol. The number of nitro groups is 1. The summed E-state index contributed by atoms with van der Waals surface area (Å²) in [7, 11) is 0. The number of carbonyl (C=O) groups is 1. The number of hydrogen-bond donors (Lipinski definition) is 2. The van der Waals surface area contributed by atoms with Crippen molar-refractivity contribution in [1.82, 2.24) is 5.32 Å². The SMILES string of the molecule is O=C(O)C1CNCCN1c1ccc([N+](=O)[O-])cc1F. The fourth-order valence-corrected chi connectivity index (χ4v) is 2.06. The molecule has 8 heteroatoms. The molecule has 0 bridgehead atoms. The van der Waals surface area contributed by atoms with E-state index in [-0.39, 0.29) is 17.9 Å². The lowest BCUT2D eigenvalue weighted by Gasteiger charge is -2.35. The van der Waals surface area contributed by atoms with Gasteiger partial charge in [-0.15, -0.1) is 0 Å². The number of benzene rings is 1. The molecule has 0 radical (unpaired) electrons. The molecule has 7 nitrogen and oxygen atoms in total. The van der Waals surface area contributed by atoms with Crippen LogP contribution in [-0.4, -0.2) is 41.7 Å². The van der Waals surface area contributed by atoms with E-state index in [0.717, 1.165) is 6.07 Å². The molecule has 0 amide bonds. The molecule has 0 aliphatic carbocycles. The van der Waals surface area contributed by atoms with Crippen molar-refractivity contribution in [2.75, 3.05) is 24.5 Å². The number of rotatable bonds is 3. The second kappa shape index (κ2) is 5.19. The molecule has 1 aromatic rings. The quantitative estimate of drug-likeness (QED) is 0.616. The summed E-state index contributed by atoms with van der Waals surface area (Å²) in [5.41, 5.74) is -0.289. The van der Waals surface area contributed by atoms with Crippen LogP contribution in [0.3, 0.4) is 0 Å². The van der Waals surface area contributed by atoms with Crippen LogP contribution in [0, 0.1) is 15.9 Å². The molecule has 1 aliphatic rings. The van der Waals surface area contributed by atoms with Gasteiger partial charge < -0.3 is 15.3 Å². The van der Waals surface area contributed by atoms with Gasteiger partial charge in [0, 0.05) is 25.7 Å². The first kappa shape index (κ1) is 13.2. The van der Waals surface area contributed by atoms with E-state index in [1.807, 2.05) is 0 Å². The van der Waals surface area contributed by atoms with Crippen LogP contribution in [0.4, 0.5) is 15.8 Å². The maximum absolute atomic E-state index is 13.9. The van der Waals surface area contributed by atoms with E-state index in [2.05, 4.69) is 5.32 Å². The zero-order valence-electron chi connectivity index (χ0n) is 9.88. The lowest BCUT2D eigenvalue weighted by Crippen LogP contribution is -2.55. The van der Waals surface area contributed by atoms with Gasteiger partial charge in [0.1, 0.15) is 6.04 Å². The fourth-order valence-electron chi connectivity index (χ4n) is 2.06. The number of piperazine rings is 1. The van der Waals surface area contributed by atoms with E-state index in [1.54, 1.807) is 0 Å². The zero-order valence-corrected chi connectivity index (χ0v) is 9.88. The van der Waals surface area contributed by atoms with Gasteiger partial charge in [0.2, 0.25) is 0 Å². The Morgan fingerprint density at radius 1 is 1.58 bits per heavy atom. The number of aliphatic carboxylic acids is 1. The predicted octanol–water partition coefficient (Wildman–Crippen LogP) is 0.597. The molecule has 2 N–H and O–H groups in total. The molecule has 1 atom stereocenters. The summed E-state index contributed by atoms with van der Waals surface area (Å²) in [6.45, 7) is 1.05. The van der Waals surface area contributed by atoms with E-state index in [0.29, 0.717) is 13.1 Å². The summed E-state index contributed by atoms with van der Waals surface area (Å²) >= 11 is 0. The molecule has 1 saturated heterocycles. The number of hydrogen-bond acceptors (Lipinski definition) is 5. The topological polar surface area (TPSA) is 95.7 Å². The Labute approximate surface area is 107 Å². The summed E-state index contributed by atoms with van der Waals surface area (Å²) in [5.74, 6) is -1.85. The third kappa shape index (κ3) is 2.63. The molecular weight excluding hydrogens is 257 g/mol. The van der Waals surface area contributed by atoms with Gasteiger partial charge in [0.25, 0.3) is 5.69 Å². The molecule has 1 heterocycles. The molecule has 1 aliphatic heterocycles. The third-order valence-corrected chi connectivity index (χ3v) is 2.98. The molecule has 0 saturated carbocycles. The lowest BCUT2D eigenvalue weighted by atomic mass is 10.1. The first-order chi connectivity index (χ1) is 9.00. The van der Waals surface area contributed by atoms with E-state index < -0.39 is 22.8 Å². The van der Waals surface area contributed by atoms with Crippen LogP contribution in [0.15, 0.2) is 18.2 Å². The van der Waals surface area contributed by atoms with Crippen molar-refractivity contribution >= 4 is 17.3 Å². The summed E-state index contributed by atoms with van der Waals surface area (Å²) in [6, 6.07) is 2.33. The van der Waals surface area contributed by atoms with Gasteiger partial charge in [0.15, 0.2) is 5.82 Å². The number of nitrogens with zero attached hydrogens (tertiary/aromatic N) is 2. The van der Waals surface area contributed by atoms with Gasteiger partial charge in [-0.1, -0.05) is 0 Å². The smallest absolute Gasteiger partial charge is 0.327 e. The molecule has 19 heavy (non-hydrogen) atoms. The summed E-state index contributed by atoms with van der Waals surface area (Å²) in [5, 5.41) is 22.5. The highest BCUT2D eigenvalue weighted by Gasteiger charge is 2.30. The minimum Gasteiger partial charge on any atom is -0.480 e. The lowest BCUT2D eigenvalue weighted by molar-refractivity contribution is -0.385. The van der Waals surface area contributed by atoms with Gasteiger partial charge in [-0.3, -0.25) is 10.1 Å². The zero-order chi connectivity index (χ0) is 14.0. The second-order valence-corrected chi connectivity index (χ2v) is 4.14. The molecule has 0 spiro atoms. The number of non-ortho nitro benzene ring substituents is 1. The van der Waals surface area contributed by atoms with E-state index >= 15 is 0 Å². The normalized spacial score (nSPS) is 19.2. The molecular formula is C11H12FN3O4. The van der Waals surface area contributed by atoms with Crippen LogP contribution in [-0.2, 0) is 4.79 Å². The van der Waals surface area contributed by atoms with Crippen molar-refractivity contribution in [2.45, 2.75) is 6.04 Å². The Hall–Kier alpha value is -2.22. The van der Waals surface area contributed by atoms with Crippen LogP contribution in [0.25, 0.3) is 0 Å². The van der Waals surface area contributed by atoms with Crippen LogP contribution in [0.2, 0.25) is 0 Å². The maximum Gasteiger partial charge on any atom is 0.327 e. The van der Waals surface area contributed by atoms with E-state index in [4.69, 9.17) is 5.11 Å². The maximum atomic E-state index is 13.9. The van der Waals surface area contributed by atoms with Crippen LogP contribution in [0.1, 0.15) is 0 Å². The molecule has 1 unspecified atom stereocenters. The highest BCUT2D eigenvalue weighted by atomic mass is 19.1. The Morgan fingerprint density at radius 3 is 2.89 bits per heavy atom. The molecule has 1 fully saturated rings. The number of anilines is 1. The number of nitrogens with one attached hydrogen (secondary N) is 1. The van der Waals surface area contributed by atoms with Crippen molar-refractivity contribution in [3.05, 3.63) is 34.1 Å². The number of nitro benzene ring substituents is 1. The highest BCUT2D eigenvalue weighted by Crippen LogP contribution is 2.26. The molecule has 1 aromatic carbocycles. The average molecular weight is 269 g/mol. The van der Waals surface area contributed by atoms with Gasteiger partial charge in [0.05, 0.1) is 16.7 Å². The van der Waals surface area contributed by atoms with Gasteiger partial charge in [-0.05, 0) is 6.07 Å². The Morgan fingerprint density at radius 2 is 2.32 bits per heavy atom. The second-order valence-electron chi connectivity index (χ2n) is 4.14. The minimum absolute atomic E-state index is 0.0690.